The summed E-state index contributed by atoms with van der Waals surface area (Å²) in [5, 5.41) is 18.2. The molecule has 4 aliphatic rings. The highest BCUT2D eigenvalue weighted by molar-refractivity contribution is 6.34. The average molecular weight is 666 g/mol. The summed E-state index contributed by atoms with van der Waals surface area (Å²) in [7, 11) is 0. The van der Waals surface area contributed by atoms with Crippen molar-refractivity contribution in [2.75, 3.05) is 44.6 Å². The van der Waals surface area contributed by atoms with Crippen LogP contribution in [0.25, 0.3) is 11.1 Å². The number of nitrogens with one attached hydrogen (secondary N) is 3. The number of para-hydroxylation sites is 1. The van der Waals surface area contributed by atoms with Crippen molar-refractivity contribution < 1.29 is 19.1 Å². The zero-order chi connectivity index (χ0) is 32.5. The molecule has 7 rings (SSSR count). The summed E-state index contributed by atoms with van der Waals surface area (Å²) in [6, 6.07) is 10.9. The van der Waals surface area contributed by atoms with Gasteiger partial charge in [0.25, 0.3) is 0 Å². The van der Waals surface area contributed by atoms with E-state index in [9.17, 15) is 19.5 Å². The molecule has 4 amide bonds. The predicted octanol–water partition coefficient (Wildman–Crippen LogP) is 4.18. The van der Waals surface area contributed by atoms with Crippen LogP contribution in [0.4, 0.5) is 15.3 Å². The van der Waals surface area contributed by atoms with E-state index in [0.717, 1.165) is 55.8 Å². The van der Waals surface area contributed by atoms with E-state index < -0.39 is 18.0 Å². The molecule has 0 aliphatic carbocycles. The van der Waals surface area contributed by atoms with Crippen LogP contribution in [0.3, 0.4) is 0 Å². The molecule has 5 heterocycles. The van der Waals surface area contributed by atoms with Crippen LogP contribution in [-0.4, -0.2) is 105 Å². The van der Waals surface area contributed by atoms with Gasteiger partial charge in [-0.3, -0.25) is 9.88 Å². The van der Waals surface area contributed by atoms with Crippen molar-refractivity contribution >= 4 is 40.5 Å². The molecule has 4 N–H and O–H groups in total. The summed E-state index contributed by atoms with van der Waals surface area (Å²) >= 11 is 6.48. The number of aromatic amines is 1. The molecule has 13 heteroatoms. The number of benzene rings is 2. The molecule has 252 valence electrons. The number of oxazole rings is 1. The lowest BCUT2D eigenvalue weighted by molar-refractivity contribution is -0.0463. The van der Waals surface area contributed by atoms with E-state index in [4.69, 9.17) is 16.0 Å². The third-order valence-electron chi connectivity index (χ3n) is 10.5. The average Bonchev–Trinajstić information content (AvgIpc) is 3.48. The van der Waals surface area contributed by atoms with Crippen molar-refractivity contribution in [1.82, 2.24) is 29.9 Å². The first-order chi connectivity index (χ1) is 22.8. The maximum absolute atomic E-state index is 13.7. The number of carbonyl (C=O) groups is 2. The zero-order valence-corrected chi connectivity index (χ0v) is 27.4. The van der Waals surface area contributed by atoms with E-state index in [1.807, 2.05) is 29.2 Å². The van der Waals surface area contributed by atoms with Gasteiger partial charge in [0.15, 0.2) is 5.58 Å². The highest BCUT2D eigenvalue weighted by Crippen LogP contribution is 2.29. The number of nitrogens with zero attached hydrogens (tertiary/aromatic N) is 4. The number of H-pyrrole nitrogens is 1. The lowest BCUT2D eigenvalue weighted by atomic mass is 9.97. The second kappa shape index (κ2) is 13.9. The summed E-state index contributed by atoms with van der Waals surface area (Å²) in [5.41, 5.74) is 3.44. The number of aliphatic hydroxyl groups is 1. The number of aromatic nitrogens is 1. The van der Waals surface area contributed by atoms with E-state index in [-0.39, 0.29) is 18.1 Å². The van der Waals surface area contributed by atoms with Gasteiger partial charge in [0.2, 0.25) is 0 Å². The predicted molar refractivity (Wildman–Crippen MR) is 179 cm³/mol. The Morgan fingerprint density at radius 3 is 2.47 bits per heavy atom. The number of carbonyl (C=O) groups excluding carboxylic acids is 2. The number of aliphatic hydroxyl groups excluding tert-OH is 1. The molecule has 2 atom stereocenters. The zero-order valence-electron chi connectivity index (χ0n) is 26.6. The Hall–Kier alpha value is -3.58. The first-order valence-electron chi connectivity index (χ1n) is 17.0. The molecule has 0 radical (unpaired) electrons. The molecule has 0 spiro atoms. The molecule has 3 fully saturated rings. The van der Waals surface area contributed by atoms with Crippen molar-refractivity contribution in [3.8, 4) is 0 Å². The quantitative estimate of drug-likeness (QED) is 0.297. The van der Waals surface area contributed by atoms with Crippen molar-refractivity contribution in [2.24, 2.45) is 0 Å². The van der Waals surface area contributed by atoms with Gasteiger partial charge >= 0.3 is 17.8 Å². The Morgan fingerprint density at radius 1 is 0.979 bits per heavy atom. The summed E-state index contributed by atoms with van der Waals surface area (Å²) in [6.07, 6.45) is 6.48. The minimum Gasteiger partial charge on any atom is -0.408 e. The van der Waals surface area contributed by atoms with Gasteiger partial charge in [0.05, 0.1) is 11.1 Å². The fourth-order valence-corrected chi connectivity index (χ4v) is 8.15. The monoisotopic (exact) mass is 665 g/mol. The third-order valence-corrected chi connectivity index (χ3v) is 10.8. The molecule has 0 bridgehead atoms. The lowest BCUT2D eigenvalue weighted by Gasteiger charge is -2.43. The number of hydrogen-bond donors (Lipinski definition) is 4. The topological polar surface area (TPSA) is 137 Å². The van der Waals surface area contributed by atoms with E-state index in [1.165, 1.54) is 19.3 Å². The van der Waals surface area contributed by atoms with Crippen LogP contribution < -0.4 is 16.4 Å². The maximum atomic E-state index is 13.7. The van der Waals surface area contributed by atoms with Gasteiger partial charge in [-0.05, 0) is 87.4 Å². The van der Waals surface area contributed by atoms with E-state index >= 15 is 0 Å². The number of rotatable bonds is 7. The first-order valence-corrected chi connectivity index (χ1v) is 17.4. The molecule has 4 aliphatic heterocycles. The Labute approximate surface area is 279 Å². The number of amides is 4. The van der Waals surface area contributed by atoms with Gasteiger partial charge in [0, 0.05) is 50.5 Å². The van der Waals surface area contributed by atoms with Crippen LogP contribution >= 0.6 is 11.6 Å². The van der Waals surface area contributed by atoms with Crippen molar-refractivity contribution in [2.45, 2.75) is 82.3 Å². The van der Waals surface area contributed by atoms with Crippen molar-refractivity contribution in [3.63, 3.8) is 0 Å². The molecule has 47 heavy (non-hydrogen) atoms. The second-order valence-corrected chi connectivity index (χ2v) is 13.8. The van der Waals surface area contributed by atoms with Gasteiger partial charge in [-0.1, -0.05) is 36.2 Å². The van der Waals surface area contributed by atoms with Crippen molar-refractivity contribution in [3.05, 3.63) is 63.1 Å². The molecule has 3 saturated heterocycles. The number of fused-ring (bicyclic) bond motifs is 2. The standard InChI is InChI=1S/C34H44ClN7O5/c35-26-18-22(20-29-30(26)38-34(46)47-29)19-28(31(43)40-14-8-24(9-15-40)39-12-4-1-5-13-39)37-32(44)41-16-10-25(11-17-41)42-21-23-6-2-3-7-27(23)36-33(42)45/h2-3,6-7,18,20,24-25,28,31,43H,1,4-5,8-17,19,21H2,(H,36,45)(H,37,44)(H,38,46)/t28-,31?/m1/s1. The van der Waals surface area contributed by atoms with Crippen LogP contribution in [0, 0.1) is 0 Å². The Balaban J connectivity index is 1.02. The first kappa shape index (κ1) is 32.0. The number of halogens is 1. The molecular weight excluding hydrogens is 622 g/mol. The minimum absolute atomic E-state index is 0.0277. The molecule has 0 saturated carbocycles. The van der Waals surface area contributed by atoms with Gasteiger partial charge in [-0.25, -0.2) is 14.4 Å². The normalized spacial score (nSPS) is 21.8. The van der Waals surface area contributed by atoms with E-state index in [1.54, 1.807) is 17.0 Å². The highest BCUT2D eigenvalue weighted by Gasteiger charge is 2.36. The fourth-order valence-electron chi connectivity index (χ4n) is 7.87. The van der Waals surface area contributed by atoms with Crippen LogP contribution in [0.15, 0.2) is 45.6 Å². The van der Waals surface area contributed by atoms with Gasteiger partial charge in [0.1, 0.15) is 11.7 Å². The van der Waals surface area contributed by atoms with E-state index in [0.29, 0.717) is 61.1 Å². The van der Waals surface area contributed by atoms with Crippen LogP contribution in [0.5, 0.6) is 0 Å². The molecule has 3 aromatic rings. The van der Waals surface area contributed by atoms with Crippen LogP contribution in [0.2, 0.25) is 5.02 Å². The Morgan fingerprint density at radius 2 is 1.70 bits per heavy atom. The molecule has 1 aromatic heterocycles. The van der Waals surface area contributed by atoms with Crippen LogP contribution in [-0.2, 0) is 13.0 Å². The number of likely N-dealkylation sites (tertiary alicyclic amines) is 3. The summed E-state index contributed by atoms with van der Waals surface area (Å²) in [6.45, 7) is 5.33. The van der Waals surface area contributed by atoms with Gasteiger partial charge < -0.3 is 34.9 Å². The minimum atomic E-state index is -0.913. The molecular formula is C34H44ClN7O5. The smallest absolute Gasteiger partial charge is 0.408 e. The summed E-state index contributed by atoms with van der Waals surface area (Å²) < 4.78 is 5.28. The number of piperidine rings is 3. The largest absolute Gasteiger partial charge is 0.417 e. The lowest BCUT2D eigenvalue weighted by Crippen LogP contribution is -2.59. The Kier molecular flexibility index (Phi) is 9.44. The number of hydrogen-bond acceptors (Lipinski definition) is 7. The second-order valence-electron chi connectivity index (χ2n) is 13.4. The van der Waals surface area contributed by atoms with E-state index in [2.05, 4.69) is 25.4 Å². The molecule has 12 nitrogen and oxygen atoms in total. The number of urea groups is 2. The highest BCUT2D eigenvalue weighted by atomic mass is 35.5. The maximum Gasteiger partial charge on any atom is 0.417 e. The molecule has 2 aromatic carbocycles. The molecule has 1 unspecified atom stereocenters. The fraction of sp³-hybridized carbons (Fsp3) is 0.559. The summed E-state index contributed by atoms with van der Waals surface area (Å²) in [5.74, 6) is -0.588. The van der Waals surface area contributed by atoms with Gasteiger partial charge in [-0.15, -0.1) is 0 Å². The van der Waals surface area contributed by atoms with Gasteiger partial charge in [-0.2, -0.15) is 0 Å². The van der Waals surface area contributed by atoms with Crippen molar-refractivity contribution in [1.29, 1.82) is 0 Å². The summed E-state index contributed by atoms with van der Waals surface area (Å²) in [4.78, 5) is 49.4. The SMILES string of the molecule is O=C(N[C@H](Cc1cc(Cl)c2[nH]c(=O)oc2c1)C(O)N1CCC(N2CCCCC2)CC1)N1CCC(N2Cc3ccccc3NC2=O)CC1. The third kappa shape index (κ3) is 7.01. The van der Waals surface area contributed by atoms with Crippen LogP contribution in [0.1, 0.15) is 56.1 Å². The Bertz CT molecular complexity index is 1640. The number of anilines is 1.